The van der Waals surface area contributed by atoms with Crippen molar-refractivity contribution in [2.24, 2.45) is 5.92 Å². The molecule has 2 rings (SSSR count). The third-order valence-corrected chi connectivity index (χ3v) is 3.68. The van der Waals surface area contributed by atoms with Crippen LogP contribution in [0.25, 0.3) is 0 Å². The van der Waals surface area contributed by atoms with E-state index in [-0.39, 0.29) is 0 Å². The lowest BCUT2D eigenvalue weighted by atomic mass is 9.92. The first-order chi connectivity index (χ1) is 9.28. The van der Waals surface area contributed by atoms with Crippen molar-refractivity contribution < 1.29 is 4.74 Å². The summed E-state index contributed by atoms with van der Waals surface area (Å²) in [6.45, 7) is 6.50. The van der Waals surface area contributed by atoms with E-state index >= 15 is 0 Å². The second kappa shape index (κ2) is 8.92. The molecule has 0 bridgehead atoms. The number of methoxy groups -OCH3 is 1. The first-order valence-electron chi connectivity index (χ1n) is 7.45. The van der Waals surface area contributed by atoms with Gasteiger partial charge in [0.1, 0.15) is 5.75 Å². The minimum Gasteiger partial charge on any atom is -0.495 e. The molecule has 1 aromatic rings. The Morgan fingerprint density at radius 3 is 2.47 bits per heavy atom. The summed E-state index contributed by atoms with van der Waals surface area (Å²) in [6.07, 6.45) is 6.86. The Kier molecular flexibility index (Phi) is 7.49. The third-order valence-electron chi connectivity index (χ3n) is 3.68. The van der Waals surface area contributed by atoms with Gasteiger partial charge in [0.05, 0.1) is 13.3 Å². The average Bonchev–Trinajstić information content (AvgIpc) is 2.49. The molecule has 3 nitrogen and oxygen atoms in total. The first-order valence-corrected chi connectivity index (χ1v) is 7.45. The quantitative estimate of drug-likeness (QED) is 0.833. The lowest BCUT2D eigenvalue weighted by Gasteiger charge is -2.28. The van der Waals surface area contributed by atoms with Crippen LogP contribution in [-0.4, -0.2) is 37.1 Å². The predicted octanol–water partition coefficient (Wildman–Crippen LogP) is 3.39. The second-order valence-electron chi connectivity index (χ2n) is 4.97. The van der Waals surface area contributed by atoms with Crippen LogP contribution in [0.1, 0.15) is 38.8 Å². The summed E-state index contributed by atoms with van der Waals surface area (Å²) in [4.78, 5) is 6.83. The van der Waals surface area contributed by atoms with Gasteiger partial charge in [0.15, 0.2) is 0 Å². The zero-order chi connectivity index (χ0) is 14.1. The number of likely N-dealkylation sites (tertiary alicyclic amines) is 1. The predicted molar refractivity (Wildman–Crippen MR) is 80.7 cm³/mol. The third kappa shape index (κ3) is 5.60. The topological polar surface area (TPSA) is 25.4 Å². The number of pyridine rings is 1. The lowest BCUT2D eigenvalue weighted by Crippen LogP contribution is -2.30. The Labute approximate surface area is 118 Å². The van der Waals surface area contributed by atoms with Crippen molar-refractivity contribution in [2.45, 2.75) is 39.5 Å². The zero-order valence-electron chi connectivity index (χ0n) is 12.9. The van der Waals surface area contributed by atoms with E-state index in [1.165, 1.54) is 38.0 Å². The molecule has 1 aromatic heterocycles. The highest BCUT2D eigenvalue weighted by Crippen LogP contribution is 2.21. The van der Waals surface area contributed by atoms with Gasteiger partial charge in [-0.05, 0) is 63.9 Å². The van der Waals surface area contributed by atoms with E-state index in [4.69, 9.17) is 4.74 Å². The highest BCUT2D eigenvalue weighted by Gasteiger charge is 2.16. The fourth-order valence-corrected chi connectivity index (χ4v) is 2.38. The number of aryl methyl sites for hydroxylation is 1. The van der Waals surface area contributed by atoms with Gasteiger partial charge >= 0.3 is 0 Å². The minimum absolute atomic E-state index is 0.841. The molecular weight excluding hydrogens is 236 g/mol. The van der Waals surface area contributed by atoms with Gasteiger partial charge in [-0.3, -0.25) is 4.98 Å². The molecule has 0 saturated carbocycles. The normalized spacial score (nSPS) is 16.6. The van der Waals surface area contributed by atoms with Gasteiger partial charge in [-0.15, -0.1) is 0 Å². The lowest BCUT2D eigenvalue weighted by molar-refractivity contribution is 0.212. The Morgan fingerprint density at radius 2 is 1.95 bits per heavy atom. The van der Waals surface area contributed by atoms with E-state index < -0.39 is 0 Å². The highest BCUT2D eigenvalue weighted by atomic mass is 16.5. The molecule has 0 atom stereocenters. The Hall–Kier alpha value is -1.09. The van der Waals surface area contributed by atoms with Gasteiger partial charge < -0.3 is 9.64 Å². The summed E-state index contributed by atoms with van der Waals surface area (Å²) in [5.74, 6) is 1.73. The highest BCUT2D eigenvalue weighted by molar-refractivity contribution is 5.19. The van der Waals surface area contributed by atoms with Crippen LogP contribution >= 0.6 is 0 Å². The van der Waals surface area contributed by atoms with Gasteiger partial charge in [-0.2, -0.15) is 0 Å². The molecular formula is C16H28N2O. The van der Waals surface area contributed by atoms with Gasteiger partial charge in [-0.1, -0.05) is 13.8 Å². The molecule has 2 heterocycles. The molecule has 1 aliphatic rings. The summed E-state index contributed by atoms with van der Waals surface area (Å²) in [5.41, 5.74) is 1.18. The molecule has 1 saturated heterocycles. The van der Waals surface area contributed by atoms with Gasteiger partial charge in [0.25, 0.3) is 0 Å². The average molecular weight is 264 g/mol. The number of piperidine rings is 1. The molecule has 1 fully saturated rings. The molecule has 0 aliphatic carbocycles. The summed E-state index contributed by atoms with van der Waals surface area (Å²) >= 11 is 0. The van der Waals surface area contributed by atoms with E-state index in [0.29, 0.717) is 0 Å². The van der Waals surface area contributed by atoms with Crippen molar-refractivity contribution in [1.82, 2.24) is 9.88 Å². The van der Waals surface area contributed by atoms with Crippen molar-refractivity contribution in [3.63, 3.8) is 0 Å². The van der Waals surface area contributed by atoms with E-state index in [9.17, 15) is 0 Å². The summed E-state index contributed by atoms with van der Waals surface area (Å²) < 4.78 is 5.11. The number of rotatable bonds is 4. The van der Waals surface area contributed by atoms with Gasteiger partial charge in [0, 0.05) is 5.69 Å². The molecule has 0 radical (unpaired) electrons. The second-order valence-corrected chi connectivity index (χ2v) is 4.97. The Morgan fingerprint density at radius 1 is 1.26 bits per heavy atom. The van der Waals surface area contributed by atoms with Crippen LogP contribution in [0.15, 0.2) is 18.3 Å². The van der Waals surface area contributed by atoms with Gasteiger partial charge in [-0.25, -0.2) is 0 Å². The van der Waals surface area contributed by atoms with Crippen LogP contribution in [0.2, 0.25) is 0 Å². The van der Waals surface area contributed by atoms with Crippen LogP contribution in [0.3, 0.4) is 0 Å². The molecule has 0 amide bonds. The van der Waals surface area contributed by atoms with Crippen molar-refractivity contribution in [3.8, 4) is 5.75 Å². The van der Waals surface area contributed by atoms with Crippen molar-refractivity contribution in [3.05, 3.63) is 24.0 Å². The number of ether oxygens (including phenoxy) is 1. The first kappa shape index (κ1) is 16.0. The molecule has 0 aromatic carbocycles. The van der Waals surface area contributed by atoms with Crippen molar-refractivity contribution in [2.75, 3.05) is 27.2 Å². The van der Waals surface area contributed by atoms with Crippen molar-refractivity contribution in [1.29, 1.82) is 0 Å². The molecule has 1 aliphatic heterocycles. The fourth-order valence-electron chi connectivity index (χ4n) is 2.38. The summed E-state index contributed by atoms with van der Waals surface area (Å²) in [5, 5.41) is 0. The number of hydrogen-bond acceptors (Lipinski definition) is 3. The summed E-state index contributed by atoms with van der Waals surface area (Å²) in [7, 11) is 3.89. The minimum atomic E-state index is 0.841. The Bertz CT molecular complexity index is 329. The van der Waals surface area contributed by atoms with Crippen LogP contribution in [-0.2, 0) is 6.42 Å². The van der Waals surface area contributed by atoms with Gasteiger partial charge in [0.2, 0.25) is 0 Å². The molecule has 0 spiro atoms. The molecule has 19 heavy (non-hydrogen) atoms. The summed E-state index contributed by atoms with van der Waals surface area (Å²) in [6, 6.07) is 4.07. The monoisotopic (exact) mass is 264 g/mol. The maximum atomic E-state index is 5.11. The van der Waals surface area contributed by atoms with E-state index in [1.54, 1.807) is 7.11 Å². The maximum Gasteiger partial charge on any atom is 0.137 e. The fraction of sp³-hybridized carbons (Fsp3) is 0.688. The van der Waals surface area contributed by atoms with Crippen LogP contribution in [0, 0.1) is 5.92 Å². The van der Waals surface area contributed by atoms with Crippen LogP contribution in [0.5, 0.6) is 5.75 Å². The molecule has 108 valence electrons. The Balaban J connectivity index is 0.000000861. The molecule has 0 unspecified atom stereocenters. The van der Waals surface area contributed by atoms with E-state index in [2.05, 4.69) is 23.0 Å². The largest absolute Gasteiger partial charge is 0.495 e. The van der Waals surface area contributed by atoms with Crippen LogP contribution < -0.4 is 4.74 Å². The standard InChI is InChI=1S/C14H22N2O.C2H6/c1-16-9-7-12(8-10-16)3-4-13-5-6-14(17-2)11-15-13;1-2/h5-6,11-12H,3-4,7-10H2,1-2H3;1-2H3. The van der Waals surface area contributed by atoms with E-state index in [1.807, 2.05) is 26.1 Å². The molecule has 3 heteroatoms. The number of aromatic nitrogens is 1. The van der Waals surface area contributed by atoms with Crippen molar-refractivity contribution >= 4 is 0 Å². The van der Waals surface area contributed by atoms with E-state index in [0.717, 1.165) is 18.1 Å². The number of nitrogens with zero attached hydrogens (tertiary/aromatic N) is 2. The number of hydrogen-bond donors (Lipinski definition) is 0. The van der Waals surface area contributed by atoms with Crippen LogP contribution in [0.4, 0.5) is 0 Å². The zero-order valence-corrected chi connectivity index (χ0v) is 12.9. The maximum absolute atomic E-state index is 5.11. The SMILES string of the molecule is CC.COc1ccc(CCC2CCN(C)CC2)nc1. The smallest absolute Gasteiger partial charge is 0.137 e. The molecule has 0 N–H and O–H groups in total.